The van der Waals surface area contributed by atoms with Gasteiger partial charge in [-0.2, -0.15) is 0 Å². The molecule has 22 heavy (non-hydrogen) atoms. The Hall–Kier alpha value is -1.56. The van der Waals surface area contributed by atoms with E-state index < -0.39 is 6.10 Å². The fourth-order valence-electron chi connectivity index (χ4n) is 1.96. The molecule has 118 valence electrons. The second-order valence-corrected chi connectivity index (χ2v) is 6.26. The first-order chi connectivity index (χ1) is 10.6. The number of hydrogen-bond donors (Lipinski definition) is 2. The maximum atomic E-state index is 11.8. The lowest BCUT2D eigenvalue weighted by molar-refractivity contribution is -0.121. The van der Waals surface area contributed by atoms with Gasteiger partial charge < -0.3 is 15.2 Å². The lowest BCUT2D eigenvalue weighted by atomic mass is 10.1. The molecule has 1 heterocycles. The molecule has 1 amide bonds. The molecule has 0 aliphatic rings. The molecule has 2 rings (SSSR count). The highest BCUT2D eigenvalue weighted by Crippen LogP contribution is 2.20. The van der Waals surface area contributed by atoms with E-state index in [1.54, 1.807) is 42.7 Å². The van der Waals surface area contributed by atoms with Crippen LogP contribution in [-0.2, 0) is 11.2 Å². The zero-order chi connectivity index (χ0) is 15.9. The van der Waals surface area contributed by atoms with Gasteiger partial charge in [0, 0.05) is 23.2 Å². The summed E-state index contributed by atoms with van der Waals surface area (Å²) in [6.07, 6.45) is 0.305. The lowest BCUT2D eigenvalue weighted by Gasteiger charge is -2.12. The average Bonchev–Trinajstić information content (AvgIpc) is 2.96. The van der Waals surface area contributed by atoms with Crippen LogP contribution in [0.25, 0.3) is 0 Å². The Bertz CT molecular complexity index is 612. The lowest BCUT2D eigenvalue weighted by Crippen LogP contribution is -2.28. The third-order valence-corrected chi connectivity index (χ3v) is 4.56. The van der Waals surface area contributed by atoms with E-state index in [2.05, 4.69) is 5.32 Å². The van der Waals surface area contributed by atoms with Gasteiger partial charge >= 0.3 is 0 Å². The minimum absolute atomic E-state index is 0.0860. The van der Waals surface area contributed by atoms with Gasteiger partial charge in [0.2, 0.25) is 5.91 Å². The van der Waals surface area contributed by atoms with E-state index in [-0.39, 0.29) is 12.5 Å². The molecule has 1 aromatic heterocycles. The smallest absolute Gasteiger partial charge is 0.220 e. The number of ether oxygens (including phenoxy) is 1. The summed E-state index contributed by atoms with van der Waals surface area (Å²) in [4.78, 5) is 12.9. The number of hydrogen-bond acceptors (Lipinski definition) is 4. The quantitative estimate of drug-likeness (QED) is 0.814. The van der Waals surface area contributed by atoms with Gasteiger partial charge in [-0.1, -0.05) is 23.7 Å². The molecule has 0 radical (unpaired) electrons. The number of methoxy groups -OCH3 is 1. The Labute approximate surface area is 138 Å². The highest BCUT2D eigenvalue weighted by Gasteiger charge is 2.10. The molecule has 1 unspecified atom stereocenters. The zero-order valence-corrected chi connectivity index (χ0v) is 13.8. The van der Waals surface area contributed by atoms with Gasteiger partial charge in [-0.05, 0) is 30.2 Å². The van der Waals surface area contributed by atoms with E-state index in [1.807, 2.05) is 11.4 Å². The molecule has 4 nitrogen and oxygen atoms in total. The minimum atomic E-state index is -0.731. The van der Waals surface area contributed by atoms with E-state index in [0.29, 0.717) is 17.9 Å². The molecule has 0 aliphatic heterocycles. The molecule has 2 N–H and O–H groups in total. The number of thiophene rings is 1. The first-order valence-corrected chi connectivity index (χ1v) is 8.16. The summed E-state index contributed by atoms with van der Waals surface area (Å²) in [5.74, 6) is 0.645. The number of aryl methyl sites for hydroxylation is 1. The van der Waals surface area contributed by atoms with Crippen molar-refractivity contribution < 1.29 is 14.6 Å². The summed E-state index contributed by atoms with van der Waals surface area (Å²) >= 11 is 7.38. The predicted octanol–water partition coefficient (Wildman–Crippen LogP) is 3.19. The molecule has 1 atom stereocenters. The number of benzene rings is 1. The van der Waals surface area contributed by atoms with Crippen molar-refractivity contribution in [2.24, 2.45) is 0 Å². The van der Waals surface area contributed by atoms with E-state index in [4.69, 9.17) is 16.3 Å². The second kappa shape index (κ2) is 8.17. The topological polar surface area (TPSA) is 58.6 Å². The molecular formula is C16H18ClNO3S. The summed E-state index contributed by atoms with van der Waals surface area (Å²) in [5.41, 5.74) is 0.742. The summed E-state index contributed by atoms with van der Waals surface area (Å²) in [5, 5.41) is 15.3. The van der Waals surface area contributed by atoms with Gasteiger partial charge in [-0.3, -0.25) is 4.79 Å². The predicted molar refractivity (Wildman–Crippen MR) is 88.6 cm³/mol. The molecule has 0 saturated carbocycles. The summed E-state index contributed by atoms with van der Waals surface area (Å²) in [6.45, 7) is 0.191. The van der Waals surface area contributed by atoms with E-state index in [1.165, 1.54) is 0 Å². The summed E-state index contributed by atoms with van der Waals surface area (Å²) in [7, 11) is 1.59. The number of halogens is 1. The molecule has 2 aromatic rings. The van der Waals surface area contributed by atoms with Crippen LogP contribution in [0.4, 0.5) is 0 Å². The van der Waals surface area contributed by atoms with Crippen molar-refractivity contribution in [2.75, 3.05) is 13.7 Å². The number of aliphatic hydroxyl groups is 1. The summed E-state index contributed by atoms with van der Waals surface area (Å²) in [6, 6.07) is 8.99. The average molecular weight is 340 g/mol. The van der Waals surface area contributed by atoms with E-state index in [0.717, 1.165) is 16.2 Å². The van der Waals surface area contributed by atoms with Crippen molar-refractivity contribution in [2.45, 2.75) is 18.9 Å². The maximum absolute atomic E-state index is 11.8. The van der Waals surface area contributed by atoms with Gasteiger partial charge in [0.25, 0.3) is 0 Å². The molecule has 1 aromatic carbocycles. The molecule has 0 fully saturated rings. The van der Waals surface area contributed by atoms with Gasteiger partial charge in [0.1, 0.15) is 5.75 Å². The fourth-order valence-corrected chi connectivity index (χ4v) is 3.04. The number of amides is 1. The Morgan fingerprint density at radius 3 is 2.73 bits per heavy atom. The number of nitrogens with one attached hydrogen (secondary N) is 1. The Morgan fingerprint density at radius 1 is 1.41 bits per heavy atom. The van der Waals surface area contributed by atoms with Crippen LogP contribution in [0.15, 0.2) is 35.7 Å². The third kappa shape index (κ3) is 5.02. The monoisotopic (exact) mass is 339 g/mol. The first-order valence-electron chi connectivity index (χ1n) is 6.90. The van der Waals surface area contributed by atoms with E-state index >= 15 is 0 Å². The fraction of sp³-hybridized carbons (Fsp3) is 0.312. The normalized spacial score (nSPS) is 12.0. The number of rotatable bonds is 7. The van der Waals surface area contributed by atoms with Gasteiger partial charge in [0.15, 0.2) is 0 Å². The number of carbonyl (C=O) groups is 1. The van der Waals surface area contributed by atoms with Crippen LogP contribution in [0.5, 0.6) is 5.75 Å². The summed E-state index contributed by atoms with van der Waals surface area (Å²) < 4.78 is 5.06. The molecule has 0 spiro atoms. The standard InChI is InChI=1S/C16H18ClNO3S/c1-21-13-4-2-11(3-5-13)15(19)9-18-16(20)7-6-14-8-12(17)10-22-14/h2-5,8,10,15,19H,6-7,9H2,1H3,(H,18,20). The SMILES string of the molecule is COc1ccc(C(O)CNC(=O)CCc2cc(Cl)cs2)cc1. The van der Waals surface area contributed by atoms with Crippen molar-refractivity contribution in [3.63, 3.8) is 0 Å². The van der Waals surface area contributed by atoms with Gasteiger partial charge in [-0.15, -0.1) is 11.3 Å². The van der Waals surface area contributed by atoms with Gasteiger partial charge in [-0.25, -0.2) is 0 Å². The zero-order valence-electron chi connectivity index (χ0n) is 12.2. The molecule has 0 aliphatic carbocycles. The Kier molecular flexibility index (Phi) is 6.24. The Balaban J connectivity index is 1.74. The molecule has 0 saturated heterocycles. The number of carbonyl (C=O) groups excluding carboxylic acids is 1. The molecular weight excluding hydrogens is 322 g/mol. The molecule has 6 heteroatoms. The van der Waals surface area contributed by atoms with Gasteiger partial charge in [0.05, 0.1) is 18.2 Å². The third-order valence-electron chi connectivity index (χ3n) is 3.21. The highest BCUT2D eigenvalue weighted by atomic mass is 35.5. The minimum Gasteiger partial charge on any atom is -0.497 e. The van der Waals surface area contributed by atoms with Crippen LogP contribution in [-0.4, -0.2) is 24.7 Å². The van der Waals surface area contributed by atoms with Crippen LogP contribution < -0.4 is 10.1 Å². The largest absolute Gasteiger partial charge is 0.497 e. The highest BCUT2D eigenvalue weighted by molar-refractivity contribution is 7.10. The maximum Gasteiger partial charge on any atom is 0.220 e. The van der Waals surface area contributed by atoms with Crippen LogP contribution in [0.2, 0.25) is 5.02 Å². The first kappa shape index (κ1) is 16.8. The van der Waals surface area contributed by atoms with Crippen LogP contribution in [0.1, 0.15) is 23.0 Å². The van der Waals surface area contributed by atoms with Crippen LogP contribution >= 0.6 is 22.9 Å². The van der Waals surface area contributed by atoms with Crippen molar-refractivity contribution >= 4 is 28.8 Å². The second-order valence-electron chi connectivity index (χ2n) is 4.82. The van der Waals surface area contributed by atoms with Crippen molar-refractivity contribution in [1.29, 1.82) is 0 Å². The molecule has 0 bridgehead atoms. The van der Waals surface area contributed by atoms with Crippen molar-refractivity contribution in [1.82, 2.24) is 5.32 Å². The Morgan fingerprint density at radius 2 is 2.14 bits per heavy atom. The number of aliphatic hydroxyl groups excluding tert-OH is 1. The van der Waals surface area contributed by atoms with Crippen LogP contribution in [0, 0.1) is 0 Å². The van der Waals surface area contributed by atoms with Crippen LogP contribution in [0.3, 0.4) is 0 Å². The van der Waals surface area contributed by atoms with E-state index in [9.17, 15) is 9.90 Å². The van der Waals surface area contributed by atoms with Crippen molar-refractivity contribution in [3.8, 4) is 5.75 Å². The van der Waals surface area contributed by atoms with Crippen molar-refractivity contribution in [3.05, 3.63) is 51.2 Å².